The highest BCUT2D eigenvalue weighted by molar-refractivity contribution is 6.29. The molecule has 3 aliphatic carbocycles. The number of anilines is 1. The summed E-state index contributed by atoms with van der Waals surface area (Å²) >= 11 is 5.77. The molecule has 18 heavy (non-hydrogen) atoms. The maximum Gasteiger partial charge on any atom is 0.229 e. The highest BCUT2D eigenvalue weighted by Crippen LogP contribution is 2.69. The molecule has 0 saturated heterocycles. The average molecular weight is 264 g/mol. The van der Waals surface area contributed by atoms with Crippen LogP contribution in [-0.4, -0.2) is 15.9 Å². The van der Waals surface area contributed by atoms with Crippen LogP contribution in [0.5, 0.6) is 0 Å². The van der Waals surface area contributed by atoms with Crippen molar-refractivity contribution in [2.45, 2.75) is 19.3 Å². The van der Waals surface area contributed by atoms with E-state index in [2.05, 4.69) is 15.3 Å². The first-order valence-electron chi connectivity index (χ1n) is 6.52. The maximum absolute atomic E-state index is 12.2. The van der Waals surface area contributed by atoms with Crippen molar-refractivity contribution >= 4 is 23.3 Å². The van der Waals surface area contributed by atoms with E-state index in [0.717, 1.165) is 11.8 Å². The molecule has 0 aliphatic heterocycles. The molecule has 5 heteroatoms. The van der Waals surface area contributed by atoms with Crippen LogP contribution in [0.15, 0.2) is 12.4 Å². The van der Waals surface area contributed by atoms with Gasteiger partial charge in [0.1, 0.15) is 17.3 Å². The molecule has 3 saturated carbocycles. The summed E-state index contributed by atoms with van der Waals surface area (Å²) in [5, 5.41) is 3.23. The molecule has 0 radical (unpaired) electrons. The molecule has 1 aromatic rings. The molecule has 94 valence electrons. The van der Waals surface area contributed by atoms with Crippen LogP contribution in [0.25, 0.3) is 0 Å². The predicted octanol–water partition coefficient (Wildman–Crippen LogP) is 2.36. The molecule has 0 spiro atoms. The fraction of sp³-hybridized carbons (Fsp3) is 0.615. The molecule has 4 rings (SSSR count). The minimum atomic E-state index is 0.122. The number of rotatable bonds is 2. The van der Waals surface area contributed by atoms with E-state index in [-0.39, 0.29) is 11.8 Å². The Morgan fingerprint density at radius 2 is 2.00 bits per heavy atom. The van der Waals surface area contributed by atoms with Crippen LogP contribution >= 0.6 is 11.6 Å². The first kappa shape index (κ1) is 10.7. The number of hydrogen-bond donors (Lipinski definition) is 1. The van der Waals surface area contributed by atoms with E-state index in [1.165, 1.54) is 25.6 Å². The summed E-state index contributed by atoms with van der Waals surface area (Å²) in [6.07, 6.45) is 5.39. The van der Waals surface area contributed by atoms with Crippen molar-refractivity contribution in [2.75, 3.05) is 5.32 Å². The van der Waals surface area contributed by atoms with Crippen LogP contribution in [-0.2, 0) is 4.79 Å². The van der Waals surface area contributed by atoms with Gasteiger partial charge in [0.15, 0.2) is 0 Å². The summed E-state index contributed by atoms with van der Waals surface area (Å²) in [6.45, 7) is 0. The second-order valence-electron chi connectivity index (χ2n) is 5.73. The quantitative estimate of drug-likeness (QED) is 0.834. The monoisotopic (exact) mass is 263 g/mol. The van der Waals surface area contributed by atoms with Crippen LogP contribution in [0, 0.1) is 29.6 Å². The van der Waals surface area contributed by atoms with Gasteiger partial charge >= 0.3 is 0 Å². The molecular formula is C13H14ClN3O. The zero-order valence-corrected chi connectivity index (χ0v) is 10.6. The number of nitrogens with one attached hydrogen (secondary N) is 1. The van der Waals surface area contributed by atoms with Crippen molar-refractivity contribution in [1.82, 2.24) is 9.97 Å². The summed E-state index contributed by atoms with van der Waals surface area (Å²) in [5.74, 6) is 3.79. The molecule has 4 atom stereocenters. The Morgan fingerprint density at radius 1 is 1.28 bits per heavy atom. The van der Waals surface area contributed by atoms with Crippen molar-refractivity contribution in [3.05, 3.63) is 17.5 Å². The van der Waals surface area contributed by atoms with Crippen LogP contribution in [0.1, 0.15) is 19.3 Å². The first-order chi connectivity index (χ1) is 8.74. The molecule has 3 fully saturated rings. The highest BCUT2D eigenvalue weighted by Gasteiger charge is 2.67. The summed E-state index contributed by atoms with van der Waals surface area (Å²) < 4.78 is 0. The van der Waals surface area contributed by atoms with E-state index in [1.807, 2.05) is 0 Å². The van der Waals surface area contributed by atoms with Gasteiger partial charge in [0.2, 0.25) is 5.91 Å². The molecule has 1 heterocycles. The number of carbonyl (C=O) groups excluding carboxylic acids is 1. The molecule has 3 aliphatic rings. The van der Waals surface area contributed by atoms with E-state index in [0.29, 0.717) is 22.8 Å². The lowest BCUT2D eigenvalue weighted by atomic mass is 10.0. The smallest absolute Gasteiger partial charge is 0.229 e. The van der Waals surface area contributed by atoms with Crippen molar-refractivity contribution in [2.24, 2.45) is 29.6 Å². The number of aromatic nitrogens is 2. The van der Waals surface area contributed by atoms with Crippen molar-refractivity contribution in [3.63, 3.8) is 0 Å². The highest BCUT2D eigenvalue weighted by atomic mass is 35.5. The number of fused-ring (bicyclic) bond motifs is 5. The third-order valence-electron chi connectivity index (χ3n) is 4.92. The standard InChI is InChI=1S/C13H14ClN3O/c14-8-4-9(16-5-15-8)17-13(18)12-10-6-1-2-7(3-6)11(10)12/h4-7,10-12H,1-3H2,(H,15,16,17,18). The number of hydrogen-bond acceptors (Lipinski definition) is 3. The van der Waals surface area contributed by atoms with Crippen LogP contribution in [0.4, 0.5) is 5.82 Å². The summed E-state index contributed by atoms with van der Waals surface area (Å²) in [7, 11) is 0. The van der Waals surface area contributed by atoms with Gasteiger partial charge in [-0.05, 0) is 42.9 Å². The molecule has 2 bridgehead atoms. The Bertz CT molecular complexity index is 505. The topological polar surface area (TPSA) is 54.9 Å². The molecule has 1 aromatic heterocycles. The van der Waals surface area contributed by atoms with E-state index < -0.39 is 0 Å². The normalized spacial score (nSPS) is 39.5. The number of carbonyl (C=O) groups is 1. The third kappa shape index (κ3) is 1.48. The Labute approximate surface area is 110 Å². The molecular weight excluding hydrogens is 250 g/mol. The molecule has 1 N–H and O–H groups in total. The van der Waals surface area contributed by atoms with Gasteiger partial charge < -0.3 is 5.32 Å². The van der Waals surface area contributed by atoms with Gasteiger partial charge in [-0.3, -0.25) is 4.79 Å². The lowest BCUT2D eigenvalue weighted by Crippen LogP contribution is -2.19. The van der Waals surface area contributed by atoms with E-state index in [9.17, 15) is 4.79 Å². The van der Waals surface area contributed by atoms with Gasteiger partial charge in [0.25, 0.3) is 0 Å². The zero-order chi connectivity index (χ0) is 12.3. The van der Waals surface area contributed by atoms with E-state index in [4.69, 9.17) is 11.6 Å². The van der Waals surface area contributed by atoms with Gasteiger partial charge in [-0.25, -0.2) is 9.97 Å². The first-order valence-corrected chi connectivity index (χ1v) is 6.90. The molecule has 0 aromatic carbocycles. The maximum atomic E-state index is 12.2. The van der Waals surface area contributed by atoms with E-state index in [1.54, 1.807) is 6.07 Å². The largest absolute Gasteiger partial charge is 0.310 e. The SMILES string of the molecule is O=C(Nc1cc(Cl)ncn1)C1C2C3CCC(C3)C12. The zero-order valence-electron chi connectivity index (χ0n) is 9.84. The van der Waals surface area contributed by atoms with Gasteiger partial charge in [-0.2, -0.15) is 0 Å². The van der Waals surface area contributed by atoms with Crippen molar-refractivity contribution in [1.29, 1.82) is 0 Å². The van der Waals surface area contributed by atoms with E-state index >= 15 is 0 Å². The van der Waals surface area contributed by atoms with Crippen molar-refractivity contribution < 1.29 is 4.79 Å². The lowest BCUT2D eigenvalue weighted by molar-refractivity contribution is -0.118. The van der Waals surface area contributed by atoms with Gasteiger partial charge in [-0.15, -0.1) is 0 Å². The molecule has 4 nitrogen and oxygen atoms in total. The molecule has 1 amide bonds. The summed E-state index contributed by atoms with van der Waals surface area (Å²) in [6, 6.07) is 1.59. The Hall–Kier alpha value is -1.16. The number of halogens is 1. The van der Waals surface area contributed by atoms with Crippen LogP contribution in [0.3, 0.4) is 0 Å². The van der Waals surface area contributed by atoms with Gasteiger partial charge in [0, 0.05) is 12.0 Å². The summed E-state index contributed by atoms with van der Waals surface area (Å²) in [4.78, 5) is 20.0. The Morgan fingerprint density at radius 3 is 2.67 bits per heavy atom. The second-order valence-corrected chi connectivity index (χ2v) is 6.12. The predicted molar refractivity (Wildman–Crippen MR) is 67.0 cm³/mol. The van der Waals surface area contributed by atoms with Gasteiger partial charge in [0.05, 0.1) is 0 Å². The Balaban J connectivity index is 1.47. The summed E-state index contributed by atoms with van der Waals surface area (Å²) in [5.41, 5.74) is 0. The van der Waals surface area contributed by atoms with Crippen LogP contribution in [0.2, 0.25) is 5.15 Å². The fourth-order valence-electron chi connectivity index (χ4n) is 4.29. The van der Waals surface area contributed by atoms with Crippen LogP contribution < -0.4 is 5.32 Å². The number of nitrogens with zero attached hydrogens (tertiary/aromatic N) is 2. The lowest BCUT2D eigenvalue weighted by Gasteiger charge is -2.08. The van der Waals surface area contributed by atoms with Crippen molar-refractivity contribution in [3.8, 4) is 0 Å². The molecule has 4 unspecified atom stereocenters. The van der Waals surface area contributed by atoms with Gasteiger partial charge in [-0.1, -0.05) is 11.6 Å². The minimum Gasteiger partial charge on any atom is -0.310 e. The average Bonchev–Trinajstić information content (AvgIpc) is 2.79. The number of amides is 1. The minimum absolute atomic E-state index is 0.122. The fourth-order valence-corrected chi connectivity index (χ4v) is 4.43. The Kier molecular flexibility index (Phi) is 2.19. The third-order valence-corrected chi connectivity index (χ3v) is 5.13. The second kappa shape index (κ2) is 3.67.